The molecule has 0 unspecified atom stereocenters. The van der Waals surface area contributed by atoms with Crippen molar-refractivity contribution in [2.24, 2.45) is 0 Å². The summed E-state index contributed by atoms with van der Waals surface area (Å²) < 4.78 is 1.89. The third-order valence-corrected chi connectivity index (χ3v) is 5.04. The molecule has 0 bridgehead atoms. The van der Waals surface area contributed by atoms with Crippen LogP contribution in [0.2, 0.25) is 5.02 Å². The summed E-state index contributed by atoms with van der Waals surface area (Å²) in [6.45, 7) is 3.13. The Morgan fingerprint density at radius 1 is 0.964 bits per heavy atom. The van der Waals surface area contributed by atoms with Gasteiger partial charge in [-0.15, -0.1) is 0 Å². The van der Waals surface area contributed by atoms with E-state index in [1.165, 1.54) is 12.8 Å². The van der Waals surface area contributed by atoms with Crippen LogP contribution in [0.25, 0.3) is 28.0 Å². The van der Waals surface area contributed by atoms with E-state index in [0.717, 1.165) is 51.8 Å². The lowest BCUT2D eigenvalue weighted by Gasteiger charge is -2.11. The number of unbranched alkanes of at least 4 members (excludes halogenated alkanes) is 2. The van der Waals surface area contributed by atoms with Gasteiger partial charge in [-0.1, -0.05) is 73.8 Å². The predicted octanol–water partition coefficient (Wildman–Crippen LogP) is 6.32. The van der Waals surface area contributed by atoms with Crippen LogP contribution >= 0.6 is 11.6 Å². The van der Waals surface area contributed by atoms with Gasteiger partial charge in [-0.3, -0.25) is 0 Å². The number of fused-ring (bicyclic) bond motifs is 1. The van der Waals surface area contributed by atoms with E-state index in [1.807, 2.05) is 53.2 Å². The van der Waals surface area contributed by atoms with E-state index in [-0.39, 0.29) is 0 Å². The van der Waals surface area contributed by atoms with Crippen molar-refractivity contribution >= 4 is 23.1 Å². The van der Waals surface area contributed by atoms with E-state index in [9.17, 15) is 0 Å². The molecule has 0 aliphatic rings. The second-order valence-corrected chi connectivity index (χ2v) is 7.26. The Balaban J connectivity index is 1.81. The molecule has 0 spiro atoms. The summed E-state index contributed by atoms with van der Waals surface area (Å²) in [6, 6.07) is 20.1. The number of halogens is 1. The normalized spacial score (nSPS) is 11.1. The molecular formula is C23H23ClN4. The average Bonchev–Trinajstić information content (AvgIpc) is 3.16. The quantitative estimate of drug-likeness (QED) is 0.375. The Morgan fingerprint density at radius 3 is 2.50 bits per heavy atom. The molecule has 4 aromatic rings. The summed E-state index contributed by atoms with van der Waals surface area (Å²) >= 11 is 6.06. The molecule has 0 aliphatic carbocycles. The molecule has 0 amide bonds. The molecule has 4 rings (SSSR count). The van der Waals surface area contributed by atoms with E-state index in [2.05, 4.69) is 35.5 Å². The number of rotatable bonds is 7. The van der Waals surface area contributed by atoms with Crippen molar-refractivity contribution in [2.75, 3.05) is 11.9 Å². The van der Waals surface area contributed by atoms with Gasteiger partial charge in [0.15, 0.2) is 5.65 Å². The van der Waals surface area contributed by atoms with Gasteiger partial charge in [0, 0.05) is 28.8 Å². The fourth-order valence-corrected chi connectivity index (χ4v) is 3.40. The van der Waals surface area contributed by atoms with Crippen LogP contribution in [-0.2, 0) is 0 Å². The smallest absolute Gasteiger partial charge is 0.165 e. The van der Waals surface area contributed by atoms with Crippen LogP contribution in [0.3, 0.4) is 0 Å². The van der Waals surface area contributed by atoms with Crippen molar-refractivity contribution in [3.05, 3.63) is 71.9 Å². The van der Waals surface area contributed by atoms with E-state index in [0.29, 0.717) is 0 Å². The fraction of sp³-hybridized carbons (Fsp3) is 0.217. The topological polar surface area (TPSA) is 42.2 Å². The van der Waals surface area contributed by atoms with E-state index in [4.69, 9.17) is 16.6 Å². The minimum absolute atomic E-state index is 0.719. The average molecular weight is 391 g/mol. The monoisotopic (exact) mass is 390 g/mol. The van der Waals surface area contributed by atoms with Crippen molar-refractivity contribution in [3.63, 3.8) is 0 Å². The molecule has 28 heavy (non-hydrogen) atoms. The summed E-state index contributed by atoms with van der Waals surface area (Å²) in [5.74, 6) is 0.958. The highest BCUT2D eigenvalue weighted by Crippen LogP contribution is 2.29. The van der Waals surface area contributed by atoms with Crippen molar-refractivity contribution in [1.29, 1.82) is 0 Å². The van der Waals surface area contributed by atoms with Gasteiger partial charge in [0.25, 0.3) is 0 Å². The summed E-state index contributed by atoms with van der Waals surface area (Å²) in [4.78, 5) is 4.94. The number of hydrogen-bond acceptors (Lipinski definition) is 3. The van der Waals surface area contributed by atoms with Crippen molar-refractivity contribution < 1.29 is 0 Å². The third kappa shape index (κ3) is 3.87. The highest BCUT2D eigenvalue weighted by Gasteiger charge is 2.14. The molecule has 2 heterocycles. The van der Waals surface area contributed by atoms with Gasteiger partial charge in [-0.25, -0.2) is 4.98 Å². The number of hydrogen-bond donors (Lipinski definition) is 1. The van der Waals surface area contributed by atoms with Gasteiger partial charge >= 0.3 is 0 Å². The maximum atomic E-state index is 6.06. The number of aromatic nitrogens is 3. The summed E-state index contributed by atoms with van der Waals surface area (Å²) in [6.07, 6.45) is 5.41. The highest BCUT2D eigenvalue weighted by atomic mass is 35.5. The standard InChI is InChI=1S/C23H23ClN4/c1-2-3-7-14-25-22-15-21(18-8-5-4-6-9-18)27-23-20(16-26-28(22)23)17-10-12-19(24)13-11-17/h4-6,8-13,15-16,25H,2-3,7,14H2,1H3. The molecule has 0 saturated heterocycles. The molecule has 0 saturated carbocycles. The number of nitrogens with one attached hydrogen (secondary N) is 1. The first-order valence-electron chi connectivity index (χ1n) is 9.70. The van der Waals surface area contributed by atoms with Gasteiger partial charge in [0.05, 0.1) is 11.9 Å². The van der Waals surface area contributed by atoms with Crippen LogP contribution in [0.5, 0.6) is 0 Å². The van der Waals surface area contributed by atoms with Gasteiger partial charge in [-0.2, -0.15) is 9.61 Å². The molecular weight excluding hydrogens is 368 g/mol. The molecule has 0 aliphatic heterocycles. The number of nitrogens with zero attached hydrogens (tertiary/aromatic N) is 3. The molecule has 2 aromatic carbocycles. The van der Waals surface area contributed by atoms with E-state index >= 15 is 0 Å². The minimum Gasteiger partial charge on any atom is -0.370 e. The Hall–Kier alpha value is -2.85. The molecule has 0 radical (unpaired) electrons. The fourth-order valence-electron chi connectivity index (χ4n) is 3.27. The summed E-state index contributed by atoms with van der Waals surface area (Å²) in [5, 5.41) is 8.87. The van der Waals surface area contributed by atoms with Gasteiger partial charge < -0.3 is 5.32 Å². The first-order valence-corrected chi connectivity index (χ1v) is 10.1. The summed E-state index contributed by atoms with van der Waals surface area (Å²) in [7, 11) is 0. The second kappa shape index (κ2) is 8.44. The van der Waals surface area contributed by atoms with Gasteiger partial charge in [0.1, 0.15) is 5.82 Å². The highest BCUT2D eigenvalue weighted by molar-refractivity contribution is 6.30. The molecule has 1 N–H and O–H groups in total. The van der Waals surface area contributed by atoms with Crippen LogP contribution < -0.4 is 5.32 Å². The molecule has 0 fully saturated rings. The molecule has 2 aromatic heterocycles. The van der Waals surface area contributed by atoms with E-state index < -0.39 is 0 Å². The lowest BCUT2D eigenvalue weighted by Crippen LogP contribution is -2.08. The van der Waals surface area contributed by atoms with Crippen LogP contribution in [0.4, 0.5) is 5.82 Å². The van der Waals surface area contributed by atoms with Gasteiger partial charge in [0.2, 0.25) is 0 Å². The number of benzene rings is 2. The Bertz CT molecular complexity index is 1060. The zero-order valence-electron chi connectivity index (χ0n) is 15.9. The second-order valence-electron chi connectivity index (χ2n) is 6.83. The Kier molecular flexibility index (Phi) is 5.58. The van der Waals surface area contributed by atoms with Crippen LogP contribution in [0.15, 0.2) is 66.9 Å². The maximum absolute atomic E-state index is 6.06. The van der Waals surface area contributed by atoms with Crippen LogP contribution in [0, 0.1) is 0 Å². The van der Waals surface area contributed by atoms with Crippen molar-refractivity contribution in [1.82, 2.24) is 14.6 Å². The molecule has 4 nitrogen and oxygen atoms in total. The van der Waals surface area contributed by atoms with Crippen LogP contribution in [0.1, 0.15) is 26.2 Å². The van der Waals surface area contributed by atoms with Crippen LogP contribution in [-0.4, -0.2) is 21.1 Å². The van der Waals surface area contributed by atoms with Crippen molar-refractivity contribution in [2.45, 2.75) is 26.2 Å². The zero-order valence-corrected chi connectivity index (χ0v) is 16.7. The summed E-state index contributed by atoms with van der Waals surface area (Å²) in [5.41, 5.74) is 4.90. The van der Waals surface area contributed by atoms with Gasteiger partial charge in [-0.05, 0) is 24.1 Å². The first-order chi connectivity index (χ1) is 13.8. The number of anilines is 1. The lowest BCUT2D eigenvalue weighted by atomic mass is 10.1. The minimum atomic E-state index is 0.719. The first kappa shape index (κ1) is 18.5. The lowest BCUT2D eigenvalue weighted by molar-refractivity contribution is 0.739. The molecule has 0 atom stereocenters. The van der Waals surface area contributed by atoms with Crippen molar-refractivity contribution in [3.8, 4) is 22.4 Å². The predicted molar refractivity (Wildman–Crippen MR) is 117 cm³/mol. The molecule has 5 heteroatoms. The Morgan fingerprint density at radius 2 is 1.75 bits per heavy atom. The largest absolute Gasteiger partial charge is 0.370 e. The zero-order chi connectivity index (χ0) is 19.3. The van der Waals surface area contributed by atoms with E-state index in [1.54, 1.807) is 0 Å². The Labute approximate surface area is 170 Å². The SMILES string of the molecule is CCCCCNc1cc(-c2ccccc2)nc2c(-c3ccc(Cl)cc3)cnn12. The third-order valence-electron chi connectivity index (χ3n) is 4.78. The maximum Gasteiger partial charge on any atom is 0.165 e. The molecule has 142 valence electrons.